The van der Waals surface area contributed by atoms with E-state index in [1.54, 1.807) is 24.7 Å². The molecule has 21 heavy (non-hydrogen) atoms. The fourth-order valence-electron chi connectivity index (χ4n) is 2.07. The van der Waals surface area contributed by atoms with E-state index in [1.807, 2.05) is 12.4 Å². The van der Waals surface area contributed by atoms with E-state index >= 15 is 0 Å². The van der Waals surface area contributed by atoms with E-state index in [0.29, 0.717) is 17.9 Å². The van der Waals surface area contributed by atoms with Crippen molar-refractivity contribution in [2.45, 2.75) is 31.8 Å². The number of aryl methyl sites for hydroxylation is 1. The molecule has 0 amide bonds. The number of sulfonamides is 1. The highest BCUT2D eigenvalue weighted by Crippen LogP contribution is 2.19. The highest BCUT2D eigenvalue weighted by Gasteiger charge is 2.24. The molecule has 0 saturated heterocycles. The van der Waals surface area contributed by atoms with Crippen LogP contribution in [0.15, 0.2) is 16.5 Å². The molecule has 0 aliphatic heterocycles. The Morgan fingerprint density at radius 2 is 2.14 bits per heavy atom. The number of thiazole rings is 1. The van der Waals surface area contributed by atoms with Crippen molar-refractivity contribution in [2.24, 2.45) is 0 Å². The van der Waals surface area contributed by atoms with Crippen LogP contribution in [0.3, 0.4) is 0 Å². The van der Waals surface area contributed by atoms with Crippen molar-refractivity contribution in [1.29, 1.82) is 0 Å². The molecule has 0 aromatic carbocycles. The van der Waals surface area contributed by atoms with Crippen LogP contribution in [0.4, 0.5) is 0 Å². The van der Waals surface area contributed by atoms with E-state index in [0.717, 1.165) is 11.6 Å². The van der Waals surface area contributed by atoms with Crippen molar-refractivity contribution in [1.82, 2.24) is 24.8 Å². The summed E-state index contributed by atoms with van der Waals surface area (Å²) in [5.41, 5.74) is 1.16. The van der Waals surface area contributed by atoms with Crippen molar-refractivity contribution in [3.63, 3.8) is 0 Å². The largest absolute Gasteiger partial charge is 0.318 e. The third-order valence-electron chi connectivity index (χ3n) is 3.05. The van der Waals surface area contributed by atoms with Gasteiger partial charge < -0.3 is 5.32 Å². The molecular weight excluding hydrogens is 310 g/mol. The minimum absolute atomic E-state index is 0.195. The van der Waals surface area contributed by atoms with Crippen LogP contribution in [0.2, 0.25) is 0 Å². The number of rotatable bonds is 7. The van der Waals surface area contributed by atoms with Gasteiger partial charge in [0, 0.05) is 18.1 Å². The van der Waals surface area contributed by atoms with Crippen LogP contribution in [0.25, 0.3) is 0 Å². The van der Waals surface area contributed by atoms with Gasteiger partial charge in [0.25, 0.3) is 0 Å². The molecule has 2 heterocycles. The van der Waals surface area contributed by atoms with E-state index in [4.69, 9.17) is 0 Å². The summed E-state index contributed by atoms with van der Waals surface area (Å²) in [4.78, 5) is 4.33. The minimum Gasteiger partial charge on any atom is -0.318 e. The first-order valence-electron chi connectivity index (χ1n) is 6.52. The van der Waals surface area contributed by atoms with Gasteiger partial charge in [-0.05, 0) is 20.9 Å². The van der Waals surface area contributed by atoms with Gasteiger partial charge in [0.15, 0.2) is 0 Å². The molecule has 2 N–H and O–H groups in total. The van der Waals surface area contributed by atoms with E-state index in [9.17, 15) is 8.42 Å². The fraction of sp³-hybridized carbons (Fsp3) is 0.500. The number of aromatic nitrogens is 3. The summed E-state index contributed by atoms with van der Waals surface area (Å²) in [6.07, 6.45) is 1.65. The average Bonchev–Trinajstić information content (AvgIpc) is 3.03. The molecule has 9 heteroatoms. The van der Waals surface area contributed by atoms with E-state index < -0.39 is 10.0 Å². The maximum Gasteiger partial charge on any atom is 0.244 e. The number of hydrogen-bond acceptors (Lipinski definition) is 6. The van der Waals surface area contributed by atoms with Gasteiger partial charge in [0.1, 0.15) is 9.90 Å². The number of hydrogen-bond donors (Lipinski definition) is 2. The Kier molecular flexibility index (Phi) is 5.09. The maximum atomic E-state index is 12.5. The van der Waals surface area contributed by atoms with Crippen molar-refractivity contribution in [2.75, 3.05) is 13.6 Å². The Bertz CT molecular complexity index is 692. The minimum atomic E-state index is -3.59. The van der Waals surface area contributed by atoms with Gasteiger partial charge in [-0.2, -0.15) is 5.10 Å². The highest BCUT2D eigenvalue weighted by molar-refractivity contribution is 7.89. The molecule has 7 nitrogen and oxygen atoms in total. The summed E-state index contributed by atoms with van der Waals surface area (Å²) in [7, 11) is -1.74. The van der Waals surface area contributed by atoms with Crippen molar-refractivity contribution >= 4 is 21.4 Å². The van der Waals surface area contributed by atoms with E-state index in [-0.39, 0.29) is 11.4 Å². The molecule has 0 aliphatic rings. The van der Waals surface area contributed by atoms with Gasteiger partial charge in [-0.15, -0.1) is 11.3 Å². The molecular formula is C12H19N5O2S2. The lowest BCUT2D eigenvalue weighted by Gasteiger charge is -2.07. The highest BCUT2D eigenvalue weighted by atomic mass is 32.2. The lowest BCUT2D eigenvalue weighted by molar-refractivity contribution is 0.564. The normalized spacial score (nSPS) is 12.0. The van der Waals surface area contributed by atoms with Crippen molar-refractivity contribution in [3.05, 3.63) is 28.0 Å². The van der Waals surface area contributed by atoms with Gasteiger partial charge >= 0.3 is 0 Å². The quantitative estimate of drug-likeness (QED) is 0.779. The smallest absolute Gasteiger partial charge is 0.244 e. The van der Waals surface area contributed by atoms with Gasteiger partial charge in [0.05, 0.1) is 24.5 Å². The third-order valence-corrected chi connectivity index (χ3v) is 5.49. The predicted molar refractivity (Wildman–Crippen MR) is 81.8 cm³/mol. The average molecular weight is 329 g/mol. The zero-order chi connectivity index (χ0) is 15.5. The molecule has 0 fully saturated rings. The zero-order valence-corrected chi connectivity index (χ0v) is 13.9. The zero-order valence-electron chi connectivity index (χ0n) is 12.3. The molecule has 116 valence electrons. The van der Waals surface area contributed by atoms with Crippen LogP contribution in [-0.2, 0) is 23.1 Å². The first-order valence-corrected chi connectivity index (χ1v) is 8.88. The lowest BCUT2D eigenvalue weighted by Crippen LogP contribution is -2.24. The third kappa shape index (κ3) is 3.67. The Morgan fingerprint density at radius 3 is 2.76 bits per heavy atom. The topological polar surface area (TPSA) is 88.9 Å². The summed E-state index contributed by atoms with van der Waals surface area (Å²) in [6, 6.07) is 0. The predicted octanol–water partition coefficient (Wildman–Crippen LogP) is 0.654. The van der Waals surface area contributed by atoms with E-state index in [1.165, 1.54) is 11.3 Å². The second-order valence-corrected chi connectivity index (χ2v) is 7.26. The Morgan fingerprint density at radius 1 is 1.38 bits per heavy atom. The molecule has 0 atom stereocenters. The fourth-order valence-corrected chi connectivity index (χ4v) is 4.12. The van der Waals surface area contributed by atoms with Crippen LogP contribution < -0.4 is 10.0 Å². The van der Waals surface area contributed by atoms with Crippen LogP contribution >= 0.6 is 11.3 Å². The lowest BCUT2D eigenvalue weighted by atomic mass is 10.4. The second-order valence-electron chi connectivity index (χ2n) is 4.58. The standard InChI is InChI=1S/C12H19N5O2S2/c1-9-12(10(2)17(16-9)6-4-13-3)21(18,19)15-8-11-14-5-7-20-11/h5,7,13,15H,4,6,8H2,1-3H3. The number of nitrogens with zero attached hydrogens (tertiary/aromatic N) is 3. The van der Waals surface area contributed by atoms with Crippen LogP contribution in [0.5, 0.6) is 0 Å². The molecule has 0 aliphatic carbocycles. The molecule has 2 aromatic heterocycles. The van der Waals surface area contributed by atoms with E-state index in [2.05, 4.69) is 20.1 Å². The summed E-state index contributed by atoms with van der Waals surface area (Å²) in [5, 5.41) is 9.87. The molecule has 0 unspecified atom stereocenters. The molecule has 0 spiro atoms. The van der Waals surface area contributed by atoms with Crippen molar-refractivity contribution < 1.29 is 8.42 Å². The molecule has 2 rings (SSSR count). The van der Waals surface area contributed by atoms with Crippen LogP contribution in [-0.4, -0.2) is 36.8 Å². The van der Waals surface area contributed by atoms with Crippen molar-refractivity contribution in [3.8, 4) is 0 Å². The first kappa shape index (κ1) is 16.1. The summed E-state index contributed by atoms with van der Waals surface area (Å²) >= 11 is 1.42. The summed E-state index contributed by atoms with van der Waals surface area (Å²) in [5.74, 6) is 0. The van der Waals surface area contributed by atoms with Gasteiger partial charge in [-0.3, -0.25) is 4.68 Å². The molecule has 0 radical (unpaired) electrons. The summed E-state index contributed by atoms with van der Waals surface area (Å²) < 4.78 is 29.2. The number of nitrogens with one attached hydrogen (secondary N) is 2. The van der Waals surface area contributed by atoms with Crippen LogP contribution in [0, 0.1) is 13.8 Å². The Hall–Kier alpha value is -1.29. The first-order chi connectivity index (χ1) is 9.95. The SMILES string of the molecule is CNCCn1nc(C)c(S(=O)(=O)NCc2nccs2)c1C. The van der Waals surface area contributed by atoms with Crippen LogP contribution in [0.1, 0.15) is 16.4 Å². The monoisotopic (exact) mass is 329 g/mol. The molecule has 2 aromatic rings. The summed E-state index contributed by atoms with van der Waals surface area (Å²) in [6.45, 7) is 5.04. The van der Waals surface area contributed by atoms with Gasteiger partial charge in [-0.25, -0.2) is 18.1 Å². The van der Waals surface area contributed by atoms with Gasteiger partial charge in [0.2, 0.25) is 10.0 Å². The molecule has 0 saturated carbocycles. The Labute approximate surface area is 128 Å². The Balaban J connectivity index is 2.21. The van der Waals surface area contributed by atoms with Gasteiger partial charge in [-0.1, -0.05) is 0 Å². The maximum absolute atomic E-state index is 12.5. The molecule has 0 bridgehead atoms. The number of likely N-dealkylation sites (N-methyl/N-ethyl adjacent to an activating group) is 1. The second kappa shape index (κ2) is 6.65.